The van der Waals surface area contributed by atoms with Crippen molar-refractivity contribution in [1.82, 2.24) is 10.3 Å². The third-order valence-electron chi connectivity index (χ3n) is 3.41. The van der Waals surface area contributed by atoms with Crippen molar-refractivity contribution in [2.75, 3.05) is 19.4 Å². The average Bonchev–Trinajstić information content (AvgIpc) is 2.59. The van der Waals surface area contributed by atoms with Crippen LogP contribution in [0, 0.1) is 0 Å². The van der Waals surface area contributed by atoms with Crippen molar-refractivity contribution in [1.29, 1.82) is 0 Å². The number of hydrogen-bond acceptors (Lipinski definition) is 6. The van der Waals surface area contributed by atoms with Crippen LogP contribution in [0.25, 0.3) is 11.3 Å². The van der Waals surface area contributed by atoms with E-state index < -0.39 is 22.5 Å². The van der Waals surface area contributed by atoms with Gasteiger partial charge in [-0.2, -0.15) is 0 Å². The number of nitrogens with zero attached hydrogens (tertiary/aromatic N) is 1. The second-order valence-corrected chi connectivity index (χ2v) is 7.89. The molecule has 0 aliphatic carbocycles. The Balaban J connectivity index is 2.05. The number of aliphatic hydroxyl groups excluding tert-OH is 2. The number of rotatable bonds is 7. The quantitative estimate of drug-likeness (QED) is 0.654. The lowest BCUT2D eigenvalue weighted by Gasteiger charge is -2.09. The Morgan fingerprint density at radius 2 is 1.88 bits per heavy atom. The Morgan fingerprint density at radius 1 is 1.20 bits per heavy atom. The first-order chi connectivity index (χ1) is 11.8. The predicted octanol–water partition coefficient (Wildman–Crippen LogP) is 0.376. The molecule has 134 valence electrons. The predicted molar refractivity (Wildman–Crippen MR) is 93.6 cm³/mol. The molecule has 0 unspecified atom stereocenters. The van der Waals surface area contributed by atoms with Gasteiger partial charge >= 0.3 is 0 Å². The van der Waals surface area contributed by atoms with Crippen molar-refractivity contribution < 1.29 is 23.4 Å². The van der Waals surface area contributed by atoms with Crippen molar-refractivity contribution in [3.63, 3.8) is 0 Å². The smallest absolute Gasteiger partial charge is 0.251 e. The molecule has 0 aliphatic rings. The Morgan fingerprint density at radius 3 is 2.40 bits per heavy atom. The van der Waals surface area contributed by atoms with Crippen LogP contribution < -0.4 is 5.32 Å². The van der Waals surface area contributed by atoms with Crippen molar-refractivity contribution in [3.8, 4) is 11.3 Å². The van der Waals surface area contributed by atoms with E-state index in [-0.39, 0.29) is 18.2 Å². The Bertz CT molecular complexity index is 817. The number of amides is 1. The van der Waals surface area contributed by atoms with Gasteiger partial charge in [0.25, 0.3) is 5.91 Å². The van der Waals surface area contributed by atoms with Crippen LogP contribution in [-0.4, -0.2) is 55.0 Å². The molecule has 25 heavy (non-hydrogen) atoms. The molecule has 8 heteroatoms. The zero-order valence-corrected chi connectivity index (χ0v) is 14.5. The summed E-state index contributed by atoms with van der Waals surface area (Å²) in [6.07, 6.45) is 1.70. The molecule has 1 heterocycles. The SMILES string of the molecule is CS(=O)(=O)Cc1ccc(-c2ccc(C(=O)NC[C@H](O)CO)cc2)nc1. The van der Waals surface area contributed by atoms with Crippen LogP contribution in [0.4, 0.5) is 0 Å². The highest BCUT2D eigenvalue weighted by Gasteiger charge is 2.09. The van der Waals surface area contributed by atoms with Crippen LogP contribution >= 0.6 is 0 Å². The number of nitrogens with one attached hydrogen (secondary N) is 1. The zero-order chi connectivity index (χ0) is 18.4. The minimum Gasteiger partial charge on any atom is -0.394 e. The minimum absolute atomic E-state index is 0.0273. The molecule has 0 saturated heterocycles. The van der Waals surface area contributed by atoms with Crippen LogP contribution in [0.15, 0.2) is 42.6 Å². The van der Waals surface area contributed by atoms with Crippen molar-refractivity contribution in [2.45, 2.75) is 11.9 Å². The summed E-state index contributed by atoms with van der Waals surface area (Å²) in [5.41, 5.74) is 2.49. The lowest BCUT2D eigenvalue weighted by atomic mass is 10.1. The fraction of sp³-hybridized carbons (Fsp3) is 0.294. The number of aliphatic hydroxyl groups is 2. The van der Waals surface area contributed by atoms with Crippen molar-refractivity contribution in [3.05, 3.63) is 53.7 Å². The molecule has 0 saturated carbocycles. The first-order valence-corrected chi connectivity index (χ1v) is 9.65. The van der Waals surface area contributed by atoms with Crippen LogP contribution in [0.2, 0.25) is 0 Å². The van der Waals surface area contributed by atoms with Crippen molar-refractivity contribution in [2.24, 2.45) is 0 Å². The number of hydrogen-bond donors (Lipinski definition) is 3. The van der Waals surface area contributed by atoms with Gasteiger partial charge < -0.3 is 15.5 Å². The summed E-state index contributed by atoms with van der Waals surface area (Å²) in [5.74, 6) is -0.408. The number of pyridine rings is 1. The van der Waals surface area contributed by atoms with Crippen molar-refractivity contribution >= 4 is 15.7 Å². The third-order valence-corrected chi connectivity index (χ3v) is 4.26. The maximum absolute atomic E-state index is 11.9. The molecular weight excluding hydrogens is 344 g/mol. The second-order valence-electron chi connectivity index (χ2n) is 5.75. The van der Waals surface area contributed by atoms with E-state index in [1.807, 2.05) is 0 Å². The van der Waals surface area contributed by atoms with E-state index in [1.165, 1.54) is 12.5 Å². The Labute approximate surface area is 146 Å². The molecule has 0 spiro atoms. The first kappa shape index (κ1) is 19.0. The number of carbonyl (C=O) groups excluding carboxylic acids is 1. The number of carbonyl (C=O) groups is 1. The Kier molecular flexibility index (Phi) is 6.24. The average molecular weight is 364 g/mol. The summed E-state index contributed by atoms with van der Waals surface area (Å²) in [7, 11) is -3.10. The molecule has 1 aromatic carbocycles. The molecule has 0 aliphatic heterocycles. The summed E-state index contributed by atoms with van der Waals surface area (Å²) in [6, 6.07) is 10.2. The number of benzene rings is 1. The molecular formula is C17H20N2O5S. The van der Waals surface area contributed by atoms with Gasteiger partial charge in [-0.15, -0.1) is 0 Å². The summed E-state index contributed by atoms with van der Waals surface area (Å²) in [5, 5.41) is 20.5. The molecule has 1 atom stereocenters. The monoisotopic (exact) mass is 364 g/mol. The maximum Gasteiger partial charge on any atom is 0.251 e. The minimum atomic E-state index is -3.10. The van der Waals surface area contributed by atoms with Crippen LogP contribution in [0.5, 0.6) is 0 Å². The van der Waals surface area contributed by atoms with E-state index in [2.05, 4.69) is 10.3 Å². The lowest BCUT2D eigenvalue weighted by molar-refractivity contribution is 0.0802. The topological polar surface area (TPSA) is 117 Å². The summed E-state index contributed by atoms with van der Waals surface area (Å²) in [6.45, 7) is -0.444. The van der Waals surface area contributed by atoms with E-state index in [0.717, 1.165) is 5.56 Å². The maximum atomic E-state index is 11.9. The number of sulfone groups is 1. The van der Waals surface area contributed by atoms with Gasteiger partial charge in [-0.25, -0.2) is 8.42 Å². The van der Waals surface area contributed by atoms with Crippen LogP contribution in [0.3, 0.4) is 0 Å². The second kappa shape index (κ2) is 8.19. The third kappa shape index (κ3) is 5.93. The summed E-state index contributed by atoms with van der Waals surface area (Å²) < 4.78 is 22.6. The van der Waals surface area contributed by atoms with E-state index in [9.17, 15) is 18.3 Å². The fourth-order valence-electron chi connectivity index (χ4n) is 2.15. The van der Waals surface area contributed by atoms with Gasteiger partial charge in [0.05, 0.1) is 24.2 Å². The summed E-state index contributed by atoms with van der Waals surface area (Å²) in [4.78, 5) is 16.2. The standard InChI is InChI=1S/C17H20N2O5S/c1-25(23,24)11-12-2-7-16(18-8-12)13-3-5-14(6-4-13)17(22)19-9-15(21)10-20/h2-8,15,20-21H,9-11H2,1H3,(H,19,22)/t15-/m0/s1. The number of aromatic nitrogens is 1. The highest BCUT2D eigenvalue weighted by Crippen LogP contribution is 2.18. The molecule has 1 amide bonds. The zero-order valence-electron chi connectivity index (χ0n) is 13.7. The Hall–Kier alpha value is -2.29. The van der Waals surface area contributed by atoms with Gasteiger partial charge in [-0.3, -0.25) is 9.78 Å². The van der Waals surface area contributed by atoms with E-state index in [4.69, 9.17) is 5.11 Å². The molecule has 7 nitrogen and oxygen atoms in total. The van der Waals surface area contributed by atoms with Gasteiger partial charge in [0.1, 0.15) is 0 Å². The molecule has 1 aromatic heterocycles. The molecule has 2 rings (SSSR count). The van der Waals surface area contributed by atoms with Gasteiger partial charge in [0.2, 0.25) is 0 Å². The van der Waals surface area contributed by atoms with E-state index in [0.29, 0.717) is 16.8 Å². The molecule has 0 bridgehead atoms. The molecule has 0 radical (unpaired) electrons. The van der Waals surface area contributed by atoms with Gasteiger partial charge in [0, 0.05) is 30.1 Å². The first-order valence-electron chi connectivity index (χ1n) is 7.58. The van der Waals surface area contributed by atoms with Gasteiger partial charge in [0.15, 0.2) is 9.84 Å². The fourth-order valence-corrected chi connectivity index (χ4v) is 2.93. The lowest BCUT2D eigenvalue weighted by Crippen LogP contribution is -2.33. The molecule has 2 aromatic rings. The van der Waals surface area contributed by atoms with Gasteiger partial charge in [-0.1, -0.05) is 18.2 Å². The summed E-state index contributed by atoms with van der Waals surface area (Å²) >= 11 is 0. The normalized spacial score (nSPS) is 12.6. The molecule has 0 fully saturated rings. The highest BCUT2D eigenvalue weighted by atomic mass is 32.2. The highest BCUT2D eigenvalue weighted by molar-refractivity contribution is 7.89. The van der Waals surface area contributed by atoms with Crippen LogP contribution in [-0.2, 0) is 15.6 Å². The van der Waals surface area contributed by atoms with Gasteiger partial charge in [-0.05, 0) is 23.8 Å². The molecule has 3 N–H and O–H groups in total. The van der Waals surface area contributed by atoms with Crippen LogP contribution in [0.1, 0.15) is 15.9 Å². The van der Waals surface area contributed by atoms with E-state index in [1.54, 1.807) is 36.4 Å². The van der Waals surface area contributed by atoms with E-state index >= 15 is 0 Å². The largest absolute Gasteiger partial charge is 0.394 e.